The van der Waals surface area contributed by atoms with Crippen LogP contribution in [0.4, 0.5) is 0 Å². The van der Waals surface area contributed by atoms with Gasteiger partial charge in [-0.25, -0.2) is 0 Å². The zero-order valence-corrected chi connectivity index (χ0v) is 9.56. The van der Waals surface area contributed by atoms with Gasteiger partial charge in [-0.15, -0.1) is 11.3 Å². The van der Waals surface area contributed by atoms with Crippen molar-refractivity contribution in [1.82, 2.24) is 5.32 Å². The van der Waals surface area contributed by atoms with Crippen LogP contribution in [0.2, 0.25) is 0 Å². The lowest BCUT2D eigenvalue weighted by Crippen LogP contribution is -2.29. The fourth-order valence-corrected chi connectivity index (χ4v) is 3.12. The fourth-order valence-electron chi connectivity index (χ4n) is 2.06. The molecule has 1 aliphatic carbocycles. The first-order chi connectivity index (χ1) is 6.86. The molecule has 1 heterocycles. The Bertz CT molecular complexity index is 293. The van der Waals surface area contributed by atoms with E-state index in [0.29, 0.717) is 6.04 Å². The summed E-state index contributed by atoms with van der Waals surface area (Å²) < 4.78 is 5.36. The van der Waals surface area contributed by atoms with Crippen molar-refractivity contribution in [3.8, 4) is 5.75 Å². The van der Waals surface area contributed by atoms with Gasteiger partial charge in [-0.2, -0.15) is 0 Å². The first-order valence-electron chi connectivity index (χ1n) is 5.15. The molecule has 1 aromatic rings. The molecule has 3 heteroatoms. The van der Waals surface area contributed by atoms with E-state index in [0.717, 1.165) is 11.7 Å². The summed E-state index contributed by atoms with van der Waals surface area (Å²) in [5.41, 5.74) is 0. The van der Waals surface area contributed by atoms with Crippen LogP contribution in [-0.4, -0.2) is 14.2 Å². The monoisotopic (exact) mass is 211 g/mol. The Labute approximate surface area is 89.3 Å². The Hall–Kier alpha value is -0.540. The van der Waals surface area contributed by atoms with Gasteiger partial charge in [-0.3, -0.25) is 0 Å². The van der Waals surface area contributed by atoms with Gasteiger partial charge in [0.1, 0.15) is 5.75 Å². The van der Waals surface area contributed by atoms with Crippen molar-refractivity contribution in [2.45, 2.75) is 25.3 Å². The number of hydrogen-bond acceptors (Lipinski definition) is 3. The van der Waals surface area contributed by atoms with Crippen molar-refractivity contribution in [3.05, 3.63) is 16.3 Å². The average Bonchev–Trinajstić information content (AvgIpc) is 2.58. The lowest BCUT2D eigenvalue weighted by Gasteiger charge is -2.33. The molecule has 1 unspecified atom stereocenters. The van der Waals surface area contributed by atoms with Crippen LogP contribution in [0.15, 0.2) is 11.4 Å². The molecule has 2 nitrogen and oxygen atoms in total. The second-order valence-electron chi connectivity index (χ2n) is 3.81. The molecule has 1 N–H and O–H groups in total. The molecular formula is C11H17NOS. The third-order valence-electron chi connectivity index (χ3n) is 3.09. The summed E-state index contributed by atoms with van der Waals surface area (Å²) in [5, 5.41) is 5.52. The molecule has 1 fully saturated rings. The second kappa shape index (κ2) is 4.32. The molecular weight excluding hydrogens is 194 g/mol. The quantitative estimate of drug-likeness (QED) is 0.827. The van der Waals surface area contributed by atoms with Gasteiger partial charge in [0.2, 0.25) is 0 Å². The van der Waals surface area contributed by atoms with Crippen LogP contribution < -0.4 is 10.1 Å². The van der Waals surface area contributed by atoms with Gasteiger partial charge in [0, 0.05) is 6.04 Å². The van der Waals surface area contributed by atoms with Crippen LogP contribution in [0, 0.1) is 5.92 Å². The highest BCUT2D eigenvalue weighted by Crippen LogP contribution is 2.42. The zero-order chi connectivity index (χ0) is 9.97. The highest BCUT2D eigenvalue weighted by molar-refractivity contribution is 7.10. The highest BCUT2D eigenvalue weighted by atomic mass is 32.1. The summed E-state index contributed by atoms with van der Waals surface area (Å²) in [6.45, 7) is 0. The number of rotatable bonds is 4. The predicted octanol–water partition coefficient (Wildman–Crippen LogP) is 2.82. The molecule has 1 atom stereocenters. The first-order valence-corrected chi connectivity index (χ1v) is 6.03. The van der Waals surface area contributed by atoms with Crippen LogP contribution >= 0.6 is 11.3 Å². The van der Waals surface area contributed by atoms with Gasteiger partial charge in [-0.05, 0) is 37.3 Å². The van der Waals surface area contributed by atoms with Crippen molar-refractivity contribution in [2.24, 2.45) is 5.92 Å². The standard InChI is InChI=1S/C11H17NOS/c1-12-10(8-4-3-5-8)11-9(13-2)6-7-14-11/h6-8,10,12H,3-5H2,1-2H3. The largest absolute Gasteiger partial charge is 0.496 e. The van der Waals surface area contributed by atoms with Crippen molar-refractivity contribution >= 4 is 11.3 Å². The van der Waals surface area contributed by atoms with Gasteiger partial charge < -0.3 is 10.1 Å². The van der Waals surface area contributed by atoms with Gasteiger partial charge >= 0.3 is 0 Å². The Kier molecular flexibility index (Phi) is 3.08. The summed E-state index contributed by atoms with van der Waals surface area (Å²) in [6.07, 6.45) is 4.09. The van der Waals surface area contributed by atoms with E-state index in [9.17, 15) is 0 Å². The normalized spacial score (nSPS) is 19.0. The van der Waals surface area contributed by atoms with E-state index in [2.05, 4.69) is 16.8 Å². The molecule has 0 saturated heterocycles. The second-order valence-corrected chi connectivity index (χ2v) is 4.76. The van der Waals surface area contributed by atoms with Crippen LogP contribution in [0.5, 0.6) is 5.75 Å². The Morgan fingerprint density at radius 2 is 2.36 bits per heavy atom. The fraction of sp³-hybridized carbons (Fsp3) is 0.636. The van der Waals surface area contributed by atoms with E-state index in [1.54, 1.807) is 18.4 Å². The average molecular weight is 211 g/mol. The summed E-state index contributed by atoms with van der Waals surface area (Å²) in [7, 11) is 3.79. The van der Waals surface area contributed by atoms with Crippen molar-refractivity contribution in [2.75, 3.05) is 14.2 Å². The summed E-state index contributed by atoms with van der Waals surface area (Å²) in [4.78, 5) is 1.36. The molecule has 2 rings (SSSR count). The number of thiophene rings is 1. The molecule has 0 aromatic carbocycles. The molecule has 0 radical (unpaired) electrons. The molecule has 1 aliphatic rings. The maximum Gasteiger partial charge on any atom is 0.134 e. The van der Waals surface area contributed by atoms with Gasteiger partial charge in [0.25, 0.3) is 0 Å². The van der Waals surface area contributed by atoms with E-state index in [1.807, 2.05) is 7.05 Å². The molecule has 1 saturated carbocycles. The maximum atomic E-state index is 5.36. The third-order valence-corrected chi connectivity index (χ3v) is 4.07. The highest BCUT2D eigenvalue weighted by Gasteiger charge is 2.29. The lowest BCUT2D eigenvalue weighted by molar-refractivity contribution is 0.238. The van der Waals surface area contributed by atoms with Crippen LogP contribution in [0.25, 0.3) is 0 Å². The SMILES string of the molecule is CNC(c1sccc1OC)C1CCC1. The van der Waals surface area contributed by atoms with Gasteiger partial charge in [0.05, 0.1) is 12.0 Å². The Morgan fingerprint density at radius 3 is 2.86 bits per heavy atom. The van der Waals surface area contributed by atoms with Crippen molar-refractivity contribution in [3.63, 3.8) is 0 Å². The van der Waals surface area contributed by atoms with E-state index in [-0.39, 0.29) is 0 Å². The molecule has 14 heavy (non-hydrogen) atoms. The van der Waals surface area contributed by atoms with Crippen LogP contribution in [0.3, 0.4) is 0 Å². The molecule has 0 amide bonds. The van der Waals surface area contributed by atoms with Gasteiger partial charge in [0.15, 0.2) is 0 Å². The molecule has 78 valence electrons. The van der Waals surface area contributed by atoms with Crippen molar-refractivity contribution in [1.29, 1.82) is 0 Å². The molecule has 0 bridgehead atoms. The number of hydrogen-bond donors (Lipinski definition) is 1. The minimum absolute atomic E-state index is 0.499. The topological polar surface area (TPSA) is 21.3 Å². The first kappa shape index (κ1) is 9.99. The zero-order valence-electron chi connectivity index (χ0n) is 8.75. The molecule has 0 spiro atoms. The van der Waals surface area contributed by atoms with E-state index < -0.39 is 0 Å². The Balaban J connectivity index is 2.17. The van der Waals surface area contributed by atoms with E-state index >= 15 is 0 Å². The number of nitrogens with one attached hydrogen (secondary N) is 1. The predicted molar refractivity (Wildman–Crippen MR) is 60.0 cm³/mol. The minimum atomic E-state index is 0.499. The molecule has 1 aromatic heterocycles. The maximum absolute atomic E-state index is 5.36. The molecule has 0 aliphatic heterocycles. The number of methoxy groups -OCH3 is 1. The van der Waals surface area contributed by atoms with E-state index in [4.69, 9.17) is 4.74 Å². The minimum Gasteiger partial charge on any atom is -0.496 e. The third kappa shape index (κ3) is 1.66. The smallest absolute Gasteiger partial charge is 0.134 e. The van der Waals surface area contributed by atoms with Gasteiger partial charge in [-0.1, -0.05) is 6.42 Å². The number of ether oxygens (including phenoxy) is 1. The summed E-state index contributed by atoms with van der Waals surface area (Å²) in [6, 6.07) is 2.56. The van der Waals surface area contributed by atoms with Crippen molar-refractivity contribution < 1.29 is 4.74 Å². The van der Waals surface area contributed by atoms with Crippen LogP contribution in [-0.2, 0) is 0 Å². The Morgan fingerprint density at radius 1 is 1.57 bits per heavy atom. The van der Waals surface area contributed by atoms with E-state index in [1.165, 1.54) is 24.1 Å². The summed E-state index contributed by atoms with van der Waals surface area (Å²) >= 11 is 1.80. The summed E-state index contributed by atoms with van der Waals surface area (Å²) in [5.74, 6) is 1.86. The van der Waals surface area contributed by atoms with Crippen LogP contribution in [0.1, 0.15) is 30.2 Å². The lowest BCUT2D eigenvalue weighted by atomic mass is 9.79.